The number of aliphatic hydroxyl groups excluding tert-OH is 24. The van der Waals surface area contributed by atoms with Crippen molar-refractivity contribution in [3.8, 4) is 0 Å². The minimum Gasteiger partial charge on any atom is -0.668 e. The van der Waals surface area contributed by atoms with Crippen LogP contribution < -0.4 is 0 Å². The van der Waals surface area contributed by atoms with Crippen LogP contribution >= 0.6 is 0 Å². The van der Waals surface area contributed by atoms with Crippen LogP contribution in [0.3, 0.4) is 0 Å². The molecular weight excluding hydrogens is 1930 g/mol. The van der Waals surface area contributed by atoms with E-state index >= 15 is 0 Å². The van der Waals surface area contributed by atoms with Crippen molar-refractivity contribution < 1.29 is 333 Å². The van der Waals surface area contributed by atoms with Crippen molar-refractivity contribution in [2.24, 2.45) is 0 Å². The Hall–Kier alpha value is 2.54. The van der Waals surface area contributed by atoms with E-state index in [4.69, 9.17) is 80.5 Å². The molecule has 9 aliphatic heterocycles. The SMILES string of the molecule is CC1OC(OC2C([NH-])[C@H](OC3C(O)[C@H](O[C@H]4C(CO)O[C@@H](O)C(O)C4O)OC(CO)[C@@H]3O)OC(CO)[C@@H]2O[C@@H]2OC(CO)[C@H](O)C(O[C@@H]3OC(CO)[C@H](O[C@@H]4OC(CO)[C@H](O)C(O)C4O[C@@H]4O[C@H](C)C(O)C(O)C4O)C(OC4OC(C)[C@@H](O)C(O)C4O)C3[NH-])C2O)C(O)C(O)[C@@H]1O.[Ac].[Ac].[Ce]. The number of nitrogens with one attached hydrogen (secondary N) is 2. The molecule has 9 fully saturated rings. The molecule has 0 bridgehead atoms. The van der Waals surface area contributed by atoms with Crippen molar-refractivity contribution in [2.45, 2.75) is 297 Å². The summed E-state index contributed by atoms with van der Waals surface area (Å²) in [6, 6.07) is -4.36. The number of ether oxygens (including phenoxy) is 17. The molecule has 0 aromatic rings. The Morgan fingerprint density at radius 1 is 0.230 bits per heavy atom. The van der Waals surface area contributed by atoms with Gasteiger partial charge in [0.2, 0.25) is 0 Å². The van der Waals surface area contributed by atoms with E-state index in [2.05, 4.69) is 0 Å². The number of hydrogen-bond acceptors (Lipinski definition) is 41. The molecule has 9 rings (SSSR count). The van der Waals surface area contributed by atoms with Gasteiger partial charge < -0.3 is 215 Å². The minimum absolute atomic E-state index is 0. The van der Waals surface area contributed by atoms with Crippen LogP contribution in [0, 0.1) is 130 Å². The summed E-state index contributed by atoms with van der Waals surface area (Å²) < 4.78 is 99.6. The predicted molar refractivity (Wildman–Crippen MR) is 297 cm³/mol. The molecule has 0 aromatic carbocycles. The van der Waals surface area contributed by atoms with E-state index in [9.17, 15) is 134 Å². The average molecular weight is 2020 g/mol. The molecule has 100 heavy (non-hydrogen) atoms. The van der Waals surface area contributed by atoms with Crippen LogP contribution in [-0.2, 0) is 80.5 Å². The second-order valence-corrected chi connectivity index (χ2v) is 25.2. The second-order valence-electron chi connectivity index (χ2n) is 25.2. The molecule has 29 unspecified atom stereocenters. The van der Waals surface area contributed by atoms with Crippen LogP contribution in [0.25, 0.3) is 11.5 Å². The quantitative estimate of drug-likeness (QED) is 0.0479. The first-order valence-electron chi connectivity index (χ1n) is 31.3. The zero-order chi connectivity index (χ0) is 71.2. The molecule has 576 valence electrons. The fourth-order valence-electron chi connectivity index (χ4n) is 12.8. The molecule has 0 aliphatic carbocycles. The molecular formula is C54H92Ac2CeN2O41-2. The topological polar surface area (TPSA) is 690 Å². The van der Waals surface area contributed by atoms with E-state index in [1.807, 2.05) is 0 Å². The monoisotopic (exact) mass is 2020 g/mol. The van der Waals surface area contributed by atoms with Crippen LogP contribution in [0.5, 0.6) is 0 Å². The van der Waals surface area contributed by atoms with Crippen LogP contribution in [0.1, 0.15) is 20.8 Å². The van der Waals surface area contributed by atoms with Gasteiger partial charge in [0, 0.05) is 130 Å². The van der Waals surface area contributed by atoms with E-state index in [0.717, 1.165) is 0 Å². The smallest absolute Gasteiger partial charge is 0.187 e. The molecule has 2 radical (unpaired) electrons. The van der Waals surface area contributed by atoms with Gasteiger partial charge in [0.1, 0.15) is 190 Å². The summed E-state index contributed by atoms with van der Waals surface area (Å²) >= 11 is 0. The van der Waals surface area contributed by atoms with E-state index < -0.39 is 316 Å². The Labute approximate surface area is 674 Å². The number of hydrogen-bond donors (Lipinski definition) is 24. The van der Waals surface area contributed by atoms with Crippen LogP contribution in [0.15, 0.2) is 0 Å². The molecule has 46 heteroatoms. The summed E-state index contributed by atoms with van der Waals surface area (Å²) in [6.07, 6.45) is -84.4. The van der Waals surface area contributed by atoms with Crippen molar-refractivity contribution in [3.63, 3.8) is 0 Å². The van der Waals surface area contributed by atoms with E-state index in [1.165, 1.54) is 20.8 Å². The molecule has 45 atom stereocenters. The van der Waals surface area contributed by atoms with Gasteiger partial charge in [0.05, 0.1) is 70.2 Å². The van der Waals surface area contributed by atoms with Gasteiger partial charge in [0.25, 0.3) is 0 Å². The number of rotatable bonds is 22. The fourth-order valence-corrected chi connectivity index (χ4v) is 12.8. The molecule has 0 saturated carbocycles. The summed E-state index contributed by atoms with van der Waals surface area (Å²) in [5.74, 6) is 0. The van der Waals surface area contributed by atoms with Gasteiger partial charge >= 0.3 is 0 Å². The van der Waals surface area contributed by atoms with Crippen molar-refractivity contribution in [2.75, 3.05) is 39.6 Å². The van der Waals surface area contributed by atoms with Gasteiger partial charge in [-0.2, -0.15) is 0 Å². The summed E-state index contributed by atoms with van der Waals surface area (Å²) in [5, 5.41) is 261. The Kier molecular flexibility index (Phi) is 36.4. The van der Waals surface area contributed by atoms with Crippen molar-refractivity contribution >= 4 is 0 Å². The third-order valence-electron chi connectivity index (χ3n) is 18.7. The van der Waals surface area contributed by atoms with Gasteiger partial charge in [0.15, 0.2) is 44.0 Å². The van der Waals surface area contributed by atoms with Crippen LogP contribution in [-0.4, -0.2) is 438 Å². The van der Waals surface area contributed by atoms with E-state index in [-0.39, 0.29) is 130 Å². The molecule has 0 aromatic heterocycles. The maximum Gasteiger partial charge on any atom is 0.187 e. The van der Waals surface area contributed by atoms with Crippen molar-refractivity contribution in [1.82, 2.24) is 0 Å². The largest absolute Gasteiger partial charge is 0.668 e. The Morgan fingerprint density at radius 2 is 0.490 bits per heavy atom. The standard InChI is InChI=1S/C54H92N2O41.2Ac.Ce/c1-10-21(63)27(69)33(75)49(81-10)93-41-19(55)47(95-43-25(67)14(5-58)85-52(36(43)78)90-38-16(7-60)84-46(80)32(74)31(38)73)88-17(8-61)39(41)91-53-37(79)44(26(68)15(6-59)86-53)96-48-20(56)42(94-50-34(76)28(70)22(64)11(2)82-50)40(18(9-62)89-48)92-54-45(30(72)24(66)13(4-57)87-54)97-51-35(77)29(71)23(65)12(3)83-51;;;/h10-80H,4-9H2,1-3H3;;;/q-2;;;/t10?,11?,12-,13?,14?,15?,16?,17?,18?,19?,20?,21-,22-,23?,24+,25+,26+,27?,28?,29?,30?,31?,32?,33?,34?,35?,36?,37?,38+,39+,40+,41?,42?,43?,44?,45?,46-,47+,48+,49?,50?,51+,52+,53+,54+;;;/m1.../s1. The normalized spacial score (nSPS) is 53.3. The molecule has 9 aliphatic rings. The molecule has 0 spiro atoms. The van der Waals surface area contributed by atoms with Gasteiger partial charge in [-0.3, -0.25) is 0 Å². The zero-order valence-corrected chi connectivity index (χ0v) is 66.2. The van der Waals surface area contributed by atoms with E-state index in [0.29, 0.717) is 0 Å². The summed E-state index contributed by atoms with van der Waals surface area (Å²) in [4.78, 5) is 0. The summed E-state index contributed by atoms with van der Waals surface area (Å²) in [7, 11) is 0. The fraction of sp³-hybridized carbons (Fsp3) is 1.00. The molecule has 26 N–H and O–H groups in total. The van der Waals surface area contributed by atoms with Crippen LogP contribution in [0.4, 0.5) is 0 Å². The van der Waals surface area contributed by atoms with Gasteiger partial charge in [-0.1, -0.05) is 12.1 Å². The van der Waals surface area contributed by atoms with Gasteiger partial charge in [-0.15, -0.1) is 0 Å². The first kappa shape index (κ1) is 91.4. The Morgan fingerprint density at radius 3 is 0.850 bits per heavy atom. The second kappa shape index (κ2) is 39.8. The maximum absolute atomic E-state index is 12.3. The maximum atomic E-state index is 12.3. The van der Waals surface area contributed by atoms with E-state index in [1.54, 1.807) is 0 Å². The van der Waals surface area contributed by atoms with Crippen molar-refractivity contribution in [1.29, 1.82) is 0 Å². The zero-order valence-electron chi connectivity index (χ0n) is 53.6. The average Bonchev–Trinajstić information content (AvgIpc) is 0.755. The molecule has 9 heterocycles. The summed E-state index contributed by atoms with van der Waals surface area (Å²) in [6.45, 7) is -2.74. The molecule has 0 amide bonds. The number of aliphatic hydroxyl groups is 24. The first-order valence-corrected chi connectivity index (χ1v) is 31.3. The predicted octanol–water partition coefficient (Wildman–Crippen LogP) is -15.4. The Bertz CT molecular complexity index is 2440. The van der Waals surface area contributed by atoms with Crippen molar-refractivity contribution in [3.05, 3.63) is 11.5 Å². The van der Waals surface area contributed by atoms with Gasteiger partial charge in [-0.05, 0) is 20.8 Å². The minimum atomic E-state index is -2.42. The first-order chi connectivity index (χ1) is 45.9. The molecule has 9 saturated heterocycles. The molecule has 43 nitrogen and oxygen atoms in total. The summed E-state index contributed by atoms with van der Waals surface area (Å²) in [5.41, 5.74) is 19.2. The van der Waals surface area contributed by atoms with Gasteiger partial charge in [-0.25, -0.2) is 0 Å². The third-order valence-corrected chi connectivity index (χ3v) is 18.7. The third kappa shape index (κ3) is 19.4. The Balaban J connectivity index is 0.00000525. The van der Waals surface area contributed by atoms with Crippen LogP contribution in [0.2, 0.25) is 0 Å².